The molecule has 1 heterocycles. The van der Waals surface area contributed by atoms with Crippen molar-refractivity contribution < 1.29 is 14.3 Å². The second kappa shape index (κ2) is 4.74. The summed E-state index contributed by atoms with van der Waals surface area (Å²) in [6, 6.07) is 0. The number of ether oxygens (including phenoxy) is 2. The Hall–Kier alpha value is -0.570. The third-order valence-corrected chi connectivity index (χ3v) is 3.66. The van der Waals surface area contributed by atoms with Crippen molar-refractivity contribution in [3.05, 3.63) is 0 Å². The fraction of sp³-hybridized carbons (Fsp3) is 0.923. The lowest BCUT2D eigenvalue weighted by molar-refractivity contribution is -0.146. The Balaban J connectivity index is 1.70. The van der Waals surface area contributed by atoms with Crippen LogP contribution in [0.15, 0.2) is 0 Å². The van der Waals surface area contributed by atoms with Crippen LogP contribution in [-0.2, 0) is 14.3 Å². The number of fused-ring (bicyclic) bond motifs is 1. The molecule has 1 saturated carbocycles. The summed E-state index contributed by atoms with van der Waals surface area (Å²) in [5.41, 5.74) is 0. The maximum atomic E-state index is 11.4. The molecule has 2 aliphatic rings. The molecule has 1 aliphatic carbocycles. The SMILES string of the molecule is CC(C)CC(=O)OCC1CC2OC2CC1C. The summed E-state index contributed by atoms with van der Waals surface area (Å²) in [6.07, 6.45) is 3.71. The molecular weight excluding hydrogens is 204 g/mol. The van der Waals surface area contributed by atoms with E-state index >= 15 is 0 Å². The minimum Gasteiger partial charge on any atom is -0.465 e. The molecule has 0 aromatic heterocycles. The Morgan fingerprint density at radius 1 is 1.38 bits per heavy atom. The lowest BCUT2D eigenvalue weighted by Crippen LogP contribution is -2.27. The van der Waals surface area contributed by atoms with E-state index in [9.17, 15) is 4.79 Å². The van der Waals surface area contributed by atoms with E-state index in [1.807, 2.05) is 13.8 Å². The Morgan fingerprint density at radius 3 is 2.75 bits per heavy atom. The molecule has 1 saturated heterocycles. The molecule has 0 spiro atoms. The van der Waals surface area contributed by atoms with Crippen molar-refractivity contribution in [1.29, 1.82) is 0 Å². The number of hydrogen-bond donors (Lipinski definition) is 0. The summed E-state index contributed by atoms with van der Waals surface area (Å²) in [6.45, 7) is 6.89. The van der Waals surface area contributed by atoms with Gasteiger partial charge in [0.25, 0.3) is 0 Å². The Morgan fingerprint density at radius 2 is 2.06 bits per heavy atom. The highest BCUT2D eigenvalue weighted by atomic mass is 16.6. The summed E-state index contributed by atoms with van der Waals surface area (Å²) in [7, 11) is 0. The second-order valence-electron chi connectivity index (χ2n) is 5.70. The van der Waals surface area contributed by atoms with Gasteiger partial charge in [-0.2, -0.15) is 0 Å². The number of hydrogen-bond acceptors (Lipinski definition) is 3. The first kappa shape index (κ1) is 11.9. The first-order chi connectivity index (χ1) is 7.56. The predicted molar refractivity (Wildman–Crippen MR) is 61.0 cm³/mol. The lowest BCUT2D eigenvalue weighted by atomic mass is 9.81. The fourth-order valence-corrected chi connectivity index (χ4v) is 2.51. The number of rotatable bonds is 4. The standard InChI is InChI=1S/C13H22O3/c1-8(2)4-13(14)15-7-10-6-12-11(16-12)5-9(10)3/h8-12H,4-7H2,1-3H3. The average molecular weight is 226 g/mol. The third-order valence-electron chi connectivity index (χ3n) is 3.66. The Kier molecular flexibility index (Phi) is 3.53. The van der Waals surface area contributed by atoms with Crippen molar-refractivity contribution in [2.24, 2.45) is 17.8 Å². The smallest absolute Gasteiger partial charge is 0.306 e. The third kappa shape index (κ3) is 2.97. The molecule has 2 fully saturated rings. The van der Waals surface area contributed by atoms with Crippen LogP contribution in [0.1, 0.15) is 40.0 Å². The van der Waals surface area contributed by atoms with E-state index in [0.29, 0.717) is 43.0 Å². The monoisotopic (exact) mass is 226 g/mol. The maximum Gasteiger partial charge on any atom is 0.306 e. The number of epoxide rings is 1. The summed E-state index contributed by atoms with van der Waals surface area (Å²) in [5, 5.41) is 0. The molecule has 1 aliphatic heterocycles. The van der Waals surface area contributed by atoms with E-state index in [1.165, 1.54) is 0 Å². The van der Waals surface area contributed by atoms with Gasteiger partial charge in [-0.3, -0.25) is 4.79 Å². The van der Waals surface area contributed by atoms with Crippen LogP contribution in [0.5, 0.6) is 0 Å². The molecule has 0 aromatic carbocycles. The molecule has 0 radical (unpaired) electrons. The minimum atomic E-state index is -0.0546. The number of carbonyl (C=O) groups excluding carboxylic acids is 1. The molecular formula is C13H22O3. The van der Waals surface area contributed by atoms with Crippen LogP contribution >= 0.6 is 0 Å². The second-order valence-corrected chi connectivity index (χ2v) is 5.70. The molecule has 0 aromatic rings. The highest BCUT2D eigenvalue weighted by Gasteiger charge is 2.47. The summed E-state index contributed by atoms with van der Waals surface area (Å²) >= 11 is 0. The van der Waals surface area contributed by atoms with Crippen molar-refractivity contribution in [1.82, 2.24) is 0 Å². The molecule has 0 bridgehead atoms. The summed E-state index contributed by atoms with van der Waals surface area (Å²) in [4.78, 5) is 11.4. The molecule has 3 nitrogen and oxygen atoms in total. The van der Waals surface area contributed by atoms with E-state index in [-0.39, 0.29) is 5.97 Å². The number of carbonyl (C=O) groups is 1. The van der Waals surface area contributed by atoms with Crippen molar-refractivity contribution >= 4 is 5.97 Å². The zero-order chi connectivity index (χ0) is 11.7. The average Bonchev–Trinajstić information content (AvgIpc) is 2.90. The van der Waals surface area contributed by atoms with E-state index in [1.54, 1.807) is 0 Å². The number of esters is 1. The van der Waals surface area contributed by atoms with Gasteiger partial charge in [-0.15, -0.1) is 0 Å². The minimum absolute atomic E-state index is 0.0546. The molecule has 16 heavy (non-hydrogen) atoms. The molecule has 4 atom stereocenters. The summed E-state index contributed by atoms with van der Waals surface area (Å²) in [5.74, 6) is 1.45. The highest BCUT2D eigenvalue weighted by molar-refractivity contribution is 5.69. The van der Waals surface area contributed by atoms with Gasteiger partial charge in [0.15, 0.2) is 0 Å². The van der Waals surface area contributed by atoms with Crippen LogP contribution in [0.3, 0.4) is 0 Å². The maximum absolute atomic E-state index is 11.4. The zero-order valence-corrected chi connectivity index (χ0v) is 10.4. The van der Waals surface area contributed by atoms with Gasteiger partial charge in [0.05, 0.1) is 18.8 Å². The normalized spacial score (nSPS) is 37.0. The molecule has 0 amide bonds. The van der Waals surface area contributed by atoms with Crippen LogP contribution < -0.4 is 0 Å². The quantitative estimate of drug-likeness (QED) is 0.545. The van der Waals surface area contributed by atoms with Gasteiger partial charge < -0.3 is 9.47 Å². The Labute approximate surface area is 97.5 Å². The van der Waals surface area contributed by atoms with Gasteiger partial charge in [0.2, 0.25) is 0 Å². The van der Waals surface area contributed by atoms with Crippen LogP contribution in [0, 0.1) is 17.8 Å². The van der Waals surface area contributed by atoms with Gasteiger partial charge in [0.1, 0.15) is 0 Å². The van der Waals surface area contributed by atoms with E-state index in [0.717, 1.165) is 12.8 Å². The molecule has 92 valence electrons. The van der Waals surface area contributed by atoms with Crippen molar-refractivity contribution in [3.8, 4) is 0 Å². The van der Waals surface area contributed by atoms with Gasteiger partial charge in [0, 0.05) is 6.42 Å². The molecule has 2 rings (SSSR count). The topological polar surface area (TPSA) is 38.8 Å². The highest BCUT2D eigenvalue weighted by Crippen LogP contribution is 2.42. The fourth-order valence-electron chi connectivity index (χ4n) is 2.51. The van der Waals surface area contributed by atoms with Crippen molar-refractivity contribution in [2.45, 2.75) is 52.2 Å². The van der Waals surface area contributed by atoms with E-state index in [2.05, 4.69) is 6.92 Å². The molecule has 0 N–H and O–H groups in total. The Bertz CT molecular complexity index is 262. The van der Waals surface area contributed by atoms with Crippen molar-refractivity contribution in [2.75, 3.05) is 6.61 Å². The lowest BCUT2D eigenvalue weighted by Gasteiger charge is -2.25. The molecule has 4 unspecified atom stereocenters. The zero-order valence-electron chi connectivity index (χ0n) is 10.4. The van der Waals surface area contributed by atoms with Gasteiger partial charge in [-0.25, -0.2) is 0 Å². The van der Waals surface area contributed by atoms with E-state index < -0.39 is 0 Å². The first-order valence-electron chi connectivity index (χ1n) is 6.37. The predicted octanol–water partition coefficient (Wildman–Crippen LogP) is 2.39. The summed E-state index contributed by atoms with van der Waals surface area (Å²) < 4.78 is 10.8. The molecule has 3 heteroatoms. The van der Waals surface area contributed by atoms with E-state index in [4.69, 9.17) is 9.47 Å². The van der Waals surface area contributed by atoms with Crippen LogP contribution in [-0.4, -0.2) is 24.8 Å². The van der Waals surface area contributed by atoms with Crippen LogP contribution in [0.25, 0.3) is 0 Å². The van der Waals surface area contributed by atoms with Gasteiger partial charge >= 0.3 is 5.97 Å². The van der Waals surface area contributed by atoms with Gasteiger partial charge in [-0.05, 0) is 30.6 Å². The largest absolute Gasteiger partial charge is 0.465 e. The van der Waals surface area contributed by atoms with Crippen LogP contribution in [0.2, 0.25) is 0 Å². The van der Waals surface area contributed by atoms with Crippen molar-refractivity contribution in [3.63, 3.8) is 0 Å². The van der Waals surface area contributed by atoms with Gasteiger partial charge in [-0.1, -0.05) is 20.8 Å². The van der Waals surface area contributed by atoms with Crippen LogP contribution in [0.4, 0.5) is 0 Å². The first-order valence-corrected chi connectivity index (χ1v) is 6.37.